The Morgan fingerprint density at radius 3 is 2.65 bits per heavy atom. The average Bonchev–Trinajstić information content (AvgIpc) is 2.43. The number of nitrogens with zero attached hydrogens (tertiary/aromatic N) is 3. The largest absolute Gasteiger partial charge is 0.496 e. The van der Waals surface area contributed by atoms with Crippen LogP contribution in [0, 0.1) is 13.8 Å². The van der Waals surface area contributed by atoms with Crippen molar-refractivity contribution >= 4 is 17.5 Å². The monoisotopic (exact) mass is 273 g/mol. The van der Waals surface area contributed by atoms with Gasteiger partial charge in [-0.3, -0.25) is 10.1 Å². The van der Waals surface area contributed by atoms with Crippen molar-refractivity contribution < 1.29 is 9.53 Å². The summed E-state index contributed by atoms with van der Waals surface area (Å²) in [5.74, 6) is 0.162. The Kier molecular flexibility index (Phi) is 3.79. The number of carbonyl (C=O) groups excluding carboxylic acids is 1. The van der Waals surface area contributed by atoms with Crippen LogP contribution in [0.25, 0.3) is 0 Å². The zero-order valence-electron chi connectivity index (χ0n) is 11.5. The number of nitrogens with two attached hydrogens (primary N) is 1. The van der Waals surface area contributed by atoms with E-state index in [2.05, 4.69) is 20.5 Å². The number of nitrogens with one attached hydrogen (secondary N) is 1. The number of benzene rings is 1. The van der Waals surface area contributed by atoms with Crippen molar-refractivity contribution in [2.75, 3.05) is 18.2 Å². The molecule has 20 heavy (non-hydrogen) atoms. The van der Waals surface area contributed by atoms with Gasteiger partial charge in [0, 0.05) is 5.69 Å². The van der Waals surface area contributed by atoms with Crippen molar-refractivity contribution in [1.29, 1.82) is 0 Å². The van der Waals surface area contributed by atoms with Crippen molar-refractivity contribution in [1.82, 2.24) is 15.2 Å². The summed E-state index contributed by atoms with van der Waals surface area (Å²) in [5, 5.41) is 10.3. The number of aryl methyl sites for hydroxylation is 2. The van der Waals surface area contributed by atoms with Gasteiger partial charge in [-0.15, -0.1) is 5.10 Å². The van der Waals surface area contributed by atoms with E-state index in [1.165, 1.54) is 13.2 Å². The molecule has 0 radical (unpaired) electrons. The van der Waals surface area contributed by atoms with Gasteiger partial charge in [0.2, 0.25) is 5.95 Å². The van der Waals surface area contributed by atoms with Gasteiger partial charge in [0.25, 0.3) is 5.91 Å². The molecule has 0 aliphatic heterocycles. The molecule has 0 aliphatic carbocycles. The van der Waals surface area contributed by atoms with E-state index in [4.69, 9.17) is 10.5 Å². The smallest absolute Gasteiger partial charge is 0.261 e. The molecular weight excluding hydrogens is 258 g/mol. The van der Waals surface area contributed by atoms with Gasteiger partial charge in [0.15, 0.2) is 0 Å². The summed E-state index contributed by atoms with van der Waals surface area (Å²) in [7, 11) is 1.48. The first kappa shape index (κ1) is 13.7. The van der Waals surface area contributed by atoms with Crippen LogP contribution in [0.2, 0.25) is 0 Å². The molecule has 0 aliphatic rings. The molecule has 0 spiro atoms. The molecule has 7 heteroatoms. The fraction of sp³-hybridized carbons (Fsp3) is 0.231. The first-order chi connectivity index (χ1) is 9.51. The zero-order chi connectivity index (χ0) is 14.7. The van der Waals surface area contributed by atoms with E-state index in [1.54, 1.807) is 26.0 Å². The number of anilines is 2. The minimum absolute atomic E-state index is 0.141. The number of nitrogen functional groups attached to an aromatic ring is 1. The summed E-state index contributed by atoms with van der Waals surface area (Å²) in [4.78, 5) is 16.3. The number of aromatic nitrogens is 3. The Hall–Kier alpha value is -2.70. The highest BCUT2D eigenvalue weighted by atomic mass is 16.5. The number of carbonyl (C=O) groups is 1. The highest BCUT2D eigenvalue weighted by Gasteiger charge is 2.14. The van der Waals surface area contributed by atoms with Gasteiger partial charge in [-0.25, -0.2) is 4.98 Å². The molecule has 0 saturated carbocycles. The van der Waals surface area contributed by atoms with Crippen LogP contribution >= 0.6 is 0 Å². The van der Waals surface area contributed by atoms with Crippen molar-refractivity contribution in [2.24, 2.45) is 0 Å². The van der Waals surface area contributed by atoms with Crippen molar-refractivity contribution in [3.05, 3.63) is 35.2 Å². The Morgan fingerprint density at radius 1 is 1.25 bits per heavy atom. The van der Waals surface area contributed by atoms with Gasteiger partial charge in [-0.2, -0.15) is 5.10 Å². The number of hydrogen-bond donors (Lipinski definition) is 2. The second-order valence-electron chi connectivity index (χ2n) is 4.22. The highest BCUT2D eigenvalue weighted by Crippen LogP contribution is 2.21. The Bertz CT molecular complexity index is 657. The van der Waals surface area contributed by atoms with Gasteiger partial charge in [-0.05, 0) is 32.0 Å². The zero-order valence-corrected chi connectivity index (χ0v) is 11.5. The van der Waals surface area contributed by atoms with Gasteiger partial charge in [0.1, 0.15) is 5.75 Å². The second kappa shape index (κ2) is 5.52. The molecule has 0 atom stereocenters. The number of methoxy groups -OCH3 is 1. The van der Waals surface area contributed by atoms with Gasteiger partial charge in [-0.1, -0.05) is 0 Å². The molecule has 0 saturated heterocycles. The maximum Gasteiger partial charge on any atom is 0.261 e. The summed E-state index contributed by atoms with van der Waals surface area (Å²) >= 11 is 0. The number of ether oxygens (including phenoxy) is 1. The topological polar surface area (TPSA) is 103 Å². The second-order valence-corrected chi connectivity index (χ2v) is 4.22. The molecule has 0 fully saturated rings. The third-order valence-corrected chi connectivity index (χ3v) is 2.79. The molecule has 1 aromatic carbocycles. The Labute approximate surface area is 116 Å². The SMILES string of the molecule is COc1ccc(N)cc1C(=O)Nc1nnc(C)c(C)n1. The van der Waals surface area contributed by atoms with Gasteiger partial charge in [0.05, 0.1) is 24.1 Å². The lowest BCUT2D eigenvalue weighted by Crippen LogP contribution is -2.16. The van der Waals surface area contributed by atoms with E-state index in [0.29, 0.717) is 28.4 Å². The fourth-order valence-electron chi connectivity index (χ4n) is 1.58. The third kappa shape index (κ3) is 2.82. The van der Waals surface area contributed by atoms with Crippen LogP contribution in [0.3, 0.4) is 0 Å². The number of hydrogen-bond acceptors (Lipinski definition) is 6. The van der Waals surface area contributed by atoms with Crippen LogP contribution in [0.5, 0.6) is 5.75 Å². The summed E-state index contributed by atoms with van der Waals surface area (Å²) in [6.07, 6.45) is 0. The minimum atomic E-state index is -0.404. The van der Waals surface area contributed by atoms with Crippen molar-refractivity contribution in [3.63, 3.8) is 0 Å². The van der Waals surface area contributed by atoms with Crippen LogP contribution in [-0.2, 0) is 0 Å². The summed E-state index contributed by atoms with van der Waals surface area (Å²) in [6.45, 7) is 3.59. The van der Waals surface area contributed by atoms with Gasteiger partial charge >= 0.3 is 0 Å². The predicted octanol–water partition coefficient (Wildman–Crippen LogP) is 1.33. The maximum atomic E-state index is 12.2. The van der Waals surface area contributed by atoms with Crippen LogP contribution in [-0.4, -0.2) is 28.2 Å². The molecule has 1 heterocycles. The van der Waals surface area contributed by atoms with E-state index in [9.17, 15) is 4.79 Å². The molecule has 1 amide bonds. The summed E-state index contributed by atoms with van der Waals surface area (Å²) in [6, 6.07) is 4.82. The normalized spacial score (nSPS) is 10.2. The minimum Gasteiger partial charge on any atom is -0.496 e. The maximum absolute atomic E-state index is 12.2. The Balaban J connectivity index is 2.27. The lowest BCUT2D eigenvalue weighted by Gasteiger charge is -2.09. The molecule has 0 bridgehead atoms. The molecule has 2 rings (SSSR count). The fourth-order valence-corrected chi connectivity index (χ4v) is 1.58. The van der Waals surface area contributed by atoms with Crippen LogP contribution < -0.4 is 15.8 Å². The molecule has 7 nitrogen and oxygen atoms in total. The molecular formula is C13H15N5O2. The number of rotatable bonds is 3. The average molecular weight is 273 g/mol. The van der Waals surface area contributed by atoms with Crippen LogP contribution in [0.4, 0.5) is 11.6 Å². The van der Waals surface area contributed by atoms with E-state index in [0.717, 1.165) is 0 Å². The molecule has 1 aromatic heterocycles. The highest BCUT2D eigenvalue weighted by molar-refractivity contribution is 6.05. The predicted molar refractivity (Wildman–Crippen MR) is 74.7 cm³/mol. The quantitative estimate of drug-likeness (QED) is 0.818. The summed E-state index contributed by atoms with van der Waals surface area (Å²) < 4.78 is 5.13. The van der Waals surface area contributed by atoms with Crippen LogP contribution in [0.15, 0.2) is 18.2 Å². The van der Waals surface area contributed by atoms with E-state index < -0.39 is 5.91 Å². The van der Waals surface area contributed by atoms with E-state index in [-0.39, 0.29) is 5.95 Å². The van der Waals surface area contributed by atoms with E-state index >= 15 is 0 Å². The first-order valence-electron chi connectivity index (χ1n) is 5.94. The number of amides is 1. The lowest BCUT2D eigenvalue weighted by atomic mass is 10.1. The van der Waals surface area contributed by atoms with Gasteiger partial charge < -0.3 is 10.5 Å². The Morgan fingerprint density at radius 2 is 2.00 bits per heavy atom. The molecule has 2 aromatic rings. The van der Waals surface area contributed by atoms with Crippen molar-refractivity contribution in [2.45, 2.75) is 13.8 Å². The van der Waals surface area contributed by atoms with E-state index in [1.807, 2.05) is 0 Å². The standard InChI is InChI=1S/C13H15N5O2/c1-7-8(2)17-18-13(15-7)16-12(19)10-6-9(14)4-5-11(10)20-3/h4-6H,14H2,1-3H3,(H,15,16,18,19). The van der Waals surface area contributed by atoms with Crippen molar-refractivity contribution in [3.8, 4) is 5.75 Å². The molecule has 3 N–H and O–H groups in total. The molecule has 0 unspecified atom stereocenters. The van der Waals surface area contributed by atoms with Crippen LogP contribution in [0.1, 0.15) is 21.7 Å². The third-order valence-electron chi connectivity index (χ3n) is 2.79. The summed E-state index contributed by atoms with van der Waals surface area (Å²) in [5.41, 5.74) is 7.88. The first-order valence-corrected chi connectivity index (χ1v) is 5.94. The lowest BCUT2D eigenvalue weighted by molar-refractivity contribution is 0.102. The molecule has 104 valence electrons.